The zero-order valence-corrected chi connectivity index (χ0v) is 12.6. The molecule has 2 saturated heterocycles. The maximum Gasteiger partial charge on any atom is 0.313 e. The molecule has 1 N–H and O–H groups in total. The van der Waals surface area contributed by atoms with Crippen molar-refractivity contribution in [3.05, 3.63) is 11.9 Å². The van der Waals surface area contributed by atoms with Crippen LogP contribution in [0.4, 0.5) is 0 Å². The van der Waals surface area contributed by atoms with Crippen molar-refractivity contribution in [1.82, 2.24) is 9.55 Å². The van der Waals surface area contributed by atoms with Gasteiger partial charge in [-0.05, 0) is 25.2 Å². The van der Waals surface area contributed by atoms with Crippen LogP contribution in [0.15, 0.2) is 11.4 Å². The van der Waals surface area contributed by atoms with Gasteiger partial charge in [-0.15, -0.1) is 0 Å². The van der Waals surface area contributed by atoms with Gasteiger partial charge in [-0.1, -0.05) is 25.6 Å². The Morgan fingerprint density at radius 3 is 2.95 bits per heavy atom. The molecule has 20 heavy (non-hydrogen) atoms. The van der Waals surface area contributed by atoms with E-state index in [-0.39, 0.29) is 11.9 Å². The fourth-order valence-corrected chi connectivity index (χ4v) is 3.99. The highest BCUT2D eigenvalue weighted by Crippen LogP contribution is 2.44. The van der Waals surface area contributed by atoms with E-state index in [1.807, 2.05) is 6.20 Å². The summed E-state index contributed by atoms with van der Waals surface area (Å²) >= 11 is 1.30. The van der Waals surface area contributed by atoms with Gasteiger partial charge >= 0.3 is 5.97 Å². The summed E-state index contributed by atoms with van der Waals surface area (Å²) in [5.41, 5.74) is 1.18. The fraction of sp³-hybridized carbons (Fsp3) is 0.714. The highest BCUT2D eigenvalue weighted by atomic mass is 32.2. The number of hydrogen-bond donors (Lipinski definition) is 1. The molecular formula is C14H20N2O3S. The molecule has 0 aromatic carbocycles. The van der Waals surface area contributed by atoms with Crippen molar-refractivity contribution in [3.8, 4) is 0 Å². The summed E-state index contributed by atoms with van der Waals surface area (Å²) in [6.07, 6.45) is 5.83. The summed E-state index contributed by atoms with van der Waals surface area (Å²) in [6.45, 7) is 4.29. The van der Waals surface area contributed by atoms with Crippen LogP contribution in [0.1, 0.15) is 50.8 Å². The van der Waals surface area contributed by atoms with Crippen LogP contribution in [-0.4, -0.2) is 38.6 Å². The van der Waals surface area contributed by atoms with E-state index < -0.39 is 5.97 Å². The molecule has 3 heterocycles. The zero-order valence-electron chi connectivity index (χ0n) is 11.8. The minimum absolute atomic E-state index is 0.0518. The number of hydrogen-bond acceptors (Lipinski definition) is 4. The van der Waals surface area contributed by atoms with E-state index in [9.17, 15) is 4.79 Å². The Kier molecular flexibility index (Phi) is 3.77. The SMILES string of the molecule is CC(C)c1cnc(SCC(=O)O)n1C1CC2CCC1O2. The average Bonchev–Trinajstić information content (AvgIpc) is 3.09. The number of aliphatic carboxylic acids is 1. The second kappa shape index (κ2) is 5.41. The predicted octanol–water partition coefficient (Wildman–Crippen LogP) is 2.68. The first-order chi connectivity index (χ1) is 9.56. The lowest BCUT2D eigenvalue weighted by Crippen LogP contribution is -2.23. The Morgan fingerprint density at radius 1 is 1.60 bits per heavy atom. The minimum atomic E-state index is -0.806. The van der Waals surface area contributed by atoms with Gasteiger partial charge in [-0.25, -0.2) is 4.98 Å². The summed E-state index contributed by atoms with van der Waals surface area (Å²) in [6, 6.07) is 0.324. The van der Waals surface area contributed by atoms with Gasteiger partial charge in [0.05, 0.1) is 24.0 Å². The summed E-state index contributed by atoms with van der Waals surface area (Å²) in [5, 5.41) is 9.69. The van der Waals surface area contributed by atoms with Crippen molar-refractivity contribution in [2.45, 2.75) is 62.4 Å². The lowest BCUT2D eigenvalue weighted by atomic mass is 9.94. The first kappa shape index (κ1) is 13.9. The van der Waals surface area contributed by atoms with Crippen molar-refractivity contribution in [2.75, 3.05) is 5.75 Å². The van der Waals surface area contributed by atoms with Gasteiger partial charge < -0.3 is 14.4 Å². The minimum Gasteiger partial charge on any atom is -0.481 e. The first-order valence-corrected chi connectivity index (χ1v) is 8.12. The van der Waals surface area contributed by atoms with Crippen molar-refractivity contribution in [2.24, 2.45) is 0 Å². The van der Waals surface area contributed by atoms with E-state index in [1.54, 1.807) is 0 Å². The molecule has 3 rings (SSSR count). The van der Waals surface area contributed by atoms with Crippen LogP contribution in [0.3, 0.4) is 0 Å². The Hall–Kier alpha value is -1.01. The lowest BCUT2D eigenvalue weighted by Gasteiger charge is -2.25. The molecule has 0 radical (unpaired) electrons. The van der Waals surface area contributed by atoms with Gasteiger partial charge in [-0.2, -0.15) is 0 Å². The number of thioether (sulfide) groups is 1. The molecule has 2 fully saturated rings. The highest BCUT2D eigenvalue weighted by Gasteiger charge is 2.43. The second-order valence-corrected chi connectivity index (χ2v) is 6.79. The Balaban J connectivity index is 1.89. The molecule has 0 amide bonds. The van der Waals surface area contributed by atoms with Gasteiger partial charge in [0.2, 0.25) is 0 Å². The maximum absolute atomic E-state index is 10.8. The third-order valence-corrected chi connectivity index (χ3v) is 5.06. The number of fused-ring (bicyclic) bond motifs is 2. The zero-order chi connectivity index (χ0) is 14.3. The normalized spacial score (nSPS) is 28.4. The summed E-state index contributed by atoms with van der Waals surface area (Å²) in [7, 11) is 0. The molecule has 2 aliphatic rings. The third kappa shape index (κ3) is 2.46. The average molecular weight is 296 g/mol. The Labute approximate surface area is 122 Å². The summed E-state index contributed by atoms with van der Waals surface area (Å²) in [5.74, 6) is -0.378. The second-order valence-electron chi connectivity index (χ2n) is 5.85. The number of carbonyl (C=O) groups is 1. The van der Waals surface area contributed by atoms with Gasteiger partial charge in [0.1, 0.15) is 0 Å². The summed E-state index contributed by atoms with van der Waals surface area (Å²) < 4.78 is 8.19. The maximum atomic E-state index is 10.8. The molecule has 6 heteroatoms. The molecule has 0 spiro atoms. The summed E-state index contributed by atoms with van der Waals surface area (Å²) in [4.78, 5) is 15.2. The quantitative estimate of drug-likeness (QED) is 0.846. The number of carboxylic acids is 1. The molecule has 110 valence electrons. The molecular weight excluding hydrogens is 276 g/mol. The van der Waals surface area contributed by atoms with E-state index >= 15 is 0 Å². The number of imidazole rings is 1. The number of rotatable bonds is 5. The standard InChI is InChI=1S/C14H20N2O3S/c1-8(2)11-6-15-14(20-7-13(17)18)16(11)10-5-9-3-4-12(10)19-9/h6,8-10,12H,3-5,7H2,1-2H3,(H,17,18). The van der Waals surface area contributed by atoms with E-state index in [1.165, 1.54) is 17.5 Å². The van der Waals surface area contributed by atoms with E-state index in [0.29, 0.717) is 18.1 Å². The number of carboxylic acid groups (broad SMARTS) is 1. The van der Waals surface area contributed by atoms with Crippen LogP contribution < -0.4 is 0 Å². The van der Waals surface area contributed by atoms with Crippen molar-refractivity contribution in [1.29, 1.82) is 0 Å². The van der Waals surface area contributed by atoms with Crippen molar-refractivity contribution in [3.63, 3.8) is 0 Å². The lowest BCUT2D eigenvalue weighted by molar-refractivity contribution is -0.133. The van der Waals surface area contributed by atoms with Crippen LogP contribution >= 0.6 is 11.8 Å². The van der Waals surface area contributed by atoms with Crippen molar-refractivity contribution < 1.29 is 14.6 Å². The molecule has 0 aliphatic carbocycles. The molecule has 2 aliphatic heterocycles. The first-order valence-electron chi connectivity index (χ1n) is 7.13. The molecule has 0 saturated carbocycles. The van der Waals surface area contributed by atoms with Crippen LogP contribution in [0, 0.1) is 0 Å². The molecule has 5 nitrogen and oxygen atoms in total. The number of nitrogens with zero attached hydrogens (tertiary/aromatic N) is 2. The monoisotopic (exact) mass is 296 g/mol. The predicted molar refractivity (Wildman–Crippen MR) is 76.2 cm³/mol. The van der Waals surface area contributed by atoms with E-state index in [4.69, 9.17) is 9.84 Å². The molecule has 3 atom stereocenters. The van der Waals surface area contributed by atoms with Gasteiger partial charge in [0, 0.05) is 11.9 Å². The fourth-order valence-electron chi connectivity index (χ4n) is 3.23. The van der Waals surface area contributed by atoms with E-state index in [2.05, 4.69) is 23.4 Å². The topological polar surface area (TPSA) is 64.3 Å². The third-order valence-electron chi connectivity index (χ3n) is 4.11. The molecule has 2 bridgehead atoms. The smallest absolute Gasteiger partial charge is 0.313 e. The Bertz CT molecular complexity index is 515. The molecule has 1 aromatic rings. The Morgan fingerprint density at radius 2 is 2.40 bits per heavy atom. The van der Waals surface area contributed by atoms with Crippen LogP contribution in [0.5, 0.6) is 0 Å². The largest absolute Gasteiger partial charge is 0.481 e. The van der Waals surface area contributed by atoms with E-state index in [0.717, 1.165) is 24.4 Å². The highest BCUT2D eigenvalue weighted by molar-refractivity contribution is 7.99. The van der Waals surface area contributed by atoms with Gasteiger partial charge in [0.15, 0.2) is 5.16 Å². The van der Waals surface area contributed by atoms with Crippen LogP contribution in [0.25, 0.3) is 0 Å². The van der Waals surface area contributed by atoms with Crippen LogP contribution in [0.2, 0.25) is 0 Å². The number of ether oxygens (including phenoxy) is 1. The molecule has 3 unspecified atom stereocenters. The van der Waals surface area contributed by atoms with Gasteiger partial charge in [-0.3, -0.25) is 4.79 Å². The van der Waals surface area contributed by atoms with Crippen LogP contribution in [-0.2, 0) is 9.53 Å². The van der Waals surface area contributed by atoms with Gasteiger partial charge in [0.25, 0.3) is 0 Å². The number of aromatic nitrogens is 2. The molecule has 1 aromatic heterocycles. The van der Waals surface area contributed by atoms with Crippen molar-refractivity contribution >= 4 is 17.7 Å².